The number of nitrogens with two attached hydrogens (primary N) is 1. The molecule has 5 rings (SSSR count). The van der Waals surface area contributed by atoms with E-state index in [0.717, 1.165) is 43.9 Å². The van der Waals surface area contributed by atoms with Crippen molar-refractivity contribution in [2.75, 3.05) is 18.0 Å². The maximum Gasteiger partial charge on any atom is 0.152 e. The standard InChI is InChI=1S/C24H26N6O/c25-22-20-4-2-1-3-17(20)13-24(22)8-11-30(12-9-24)23-21(15-31)29-19(14-27-23)6-5-18-7-10-26-16-28-18/h1-7,10,14,16,22,31H,8-9,11-13,15,25H2/b6-5-/t22-/m1/s1. The van der Waals surface area contributed by atoms with E-state index in [2.05, 4.69) is 49.1 Å². The van der Waals surface area contributed by atoms with Gasteiger partial charge in [0.05, 0.1) is 24.2 Å². The largest absolute Gasteiger partial charge is 0.390 e. The van der Waals surface area contributed by atoms with Crippen LogP contribution in [-0.2, 0) is 13.0 Å². The van der Waals surface area contributed by atoms with Crippen molar-refractivity contribution in [2.24, 2.45) is 11.1 Å². The fourth-order valence-corrected chi connectivity index (χ4v) is 4.93. The van der Waals surface area contributed by atoms with Gasteiger partial charge in [-0.05, 0) is 54.0 Å². The second kappa shape index (κ2) is 8.17. The van der Waals surface area contributed by atoms with Crippen LogP contribution in [0, 0.1) is 5.41 Å². The number of piperidine rings is 1. The highest BCUT2D eigenvalue weighted by Crippen LogP contribution is 2.50. The predicted octanol–water partition coefficient (Wildman–Crippen LogP) is 2.77. The first kappa shape index (κ1) is 19.8. The molecule has 0 amide bonds. The number of fused-ring (bicyclic) bond motifs is 1. The third-order valence-corrected chi connectivity index (χ3v) is 6.67. The van der Waals surface area contributed by atoms with Gasteiger partial charge in [-0.2, -0.15) is 0 Å². The minimum absolute atomic E-state index is 0.0866. The van der Waals surface area contributed by atoms with Gasteiger partial charge in [0, 0.05) is 25.3 Å². The molecule has 0 unspecified atom stereocenters. The van der Waals surface area contributed by atoms with Gasteiger partial charge in [0.1, 0.15) is 12.0 Å². The van der Waals surface area contributed by atoms with E-state index in [1.165, 1.54) is 17.5 Å². The summed E-state index contributed by atoms with van der Waals surface area (Å²) in [7, 11) is 0. The van der Waals surface area contributed by atoms with Gasteiger partial charge in [-0.15, -0.1) is 0 Å². The molecular formula is C24H26N6O. The number of aliphatic hydroxyl groups is 1. The summed E-state index contributed by atoms with van der Waals surface area (Å²) in [5, 5.41) is 9.93. The normalized spacial score (nSPS) is 19.8. The zero-order chi connectivity index (χ0) is 21.3. The van der Waals surface area contributed by atoms with Gasteiger partial charge in [0.2, 0.25) is 0 Å². The third kappa shape index (κ3) is 3.71. The second-order valence-corrected chi connectivity index (χ2v) is 8.39. The van der Waals surface area contributed by atoms with E-state index in [9.17, 15) is 5.11 Å². The molecule has 7 heteroatoms. The number of hydrogen-bond acceptors (Lipinski definition) is 7. The second-order valence-electron chi connectivity index (χ2n) is 8.39. The van der Waals surface area contributed by atoms with Crippen LogP contribution >= 0.6 is 0 Å². The highest BCUT2D eigenvalue weighted by Gasteiger charge is 2.46. The maximum atomic E-state index is 9.93. The smallest absolute Gasteiger partial charge is 0.152 e. The Labute approximate surface area is 181 Å². The van der Waals surface area contributed by atoms with E-state index in [0.29, 0.717) is 11.4 Å². The minimum atomic E-state index is -0.149. The monoisotopic (exact) mass is 414 g/mol. The van der Waals surface area contributed by atoms with Crippen molar-refractivity contribution in [1.29, 1.82) is 0 Å². The van der Waals surface area contributed by atoms with Gasteiger partial charge in [-0.25, -0.2) is 19.9 Å². The number of aliphatic hydroxyl groups excluding tert-OH is 1. The zero-order valence-electron chi connectivity index (χ0n) is 17.4. The van der Waals surface area contributed by atoms with Crippen molar-refractivity contribution >= 4 is 18.0 Å². The van der Waals surface area contributed by atoms with Gasteiger partial charge >= 0.3 is 0 Å². The molecule has 0 radical (unpaired) electrons. The van der Waals surface area contributed by atoms with Crippen LogP contribution in [-0.4, -0.2) is 38.1 Å². The SMILES string of the molecule is N[C@@H]1c2ccccc2CC12CCN(c1ncc(/C=C\c3ccncn3)nc1CO)CC2. The minimum Gasteiger partial charge on any atom is -0.390 e. The number of rotatable bonds is 4. The summed E-state index contributed by atoms with van der Waals surface area (Å²) < 4.78 is 0. The average molecular weight is 415 g/mol. The fourth-order valence-electron chi connectivity index (χ4n) is 4.93. The molecule has 1 spiro atoms. The Morgan fingerprint density at radius 3 is 2.65 bits per heavy atom. The number of nitrogens with zero attached hydrogens (tertiary/aromatic N) is 5. The van der Waals surface area contributed by atoms with Crippen LogP contribution in [0.3, 0.4) is 0 Å². The van der Waals surface area contributed by atoms with Crippen molar-refractivity contribution in [1.82, 2.24) is 19.9 Å². The topological polar surface area (TPSA) is 101 Å². The highest BCUT2D eigenvalue weighted by atomic mass is 16.3. The molecule has 3 heterocycles. The first-order valence-corrected chi connectivity index (χ1v) is 10.7. The Balaban J connectivity index is 1.31. The molecule has 2 aliphatic rings. The fraction of sp³-hybridized carbons (Fsp3) is 0.333. The van der Waals surface area contributed by atoms with E-state index < -0.39 is 0 Å². The van der Waals surface area contributed by atoms with Crippen molar-refractivity contribution in [2.45, 2.75) is 31.9 Å². The molecule has 3 N–H and O–H groups in total. The Morgan fingerprint density at radius 2 is 1.90 bits per heavy atom. The van der Waals surface area contributed by atoms with Gasteiger partial charge < -0.3 is 15.7 Å². The van der Waals surface area contributed by atoms with Crippen LogP contribution in [0.5, 0.6) is 0 Å². The van der Waals surface area contributed by atoms with E-state index in [1.54, 1.807) is 12.4 Å². The summed E-state index contributed by atoms with van der Waals surface area (Å²) >= 11 is 0. The molecule has 158 valence electrons. The number of benzene rings is 1. The van der Waals surface area contributed by atoms with Crippen LogP contribution in [0.25, 0.3) is 12.2 Å². The number of hydrogen-bond donors (Lipinski definition) is 2. The number of aromatic nitrogens is 4. The van der Waals surface area contributed by atoms with Gasteiger partial charge in [0.25, 0.3) is 0 Å². The Hall–Kier alpha value is -3.16. The molecule has 1 aliphatic heterocycles. The molecule has 2 aromatic heterocycles. The van der Waals surface area contributed by atoms with E-state index >= 15 is 0 Å². The van der Waals surface area contributed by atoms with Crippen molar-refractivity contribution in [3.05, 3.63) is 77.3 Å². The molecule has 0 bridgehead atoms. The molecule has 31 heavy (non-hydrogen) atoms. The highest BCUT2D eigenvalue weighted by molar-refractivity contribution is 5.66. The van der Waals surface area contributed by atoms with E-state index in [4.69, 9.17) is 5.73 Å². The van der Waals surface area contributed by atoms with Crippen LogP contribution < -0.4 is 10.6 Å². The summed E-state index contributed by atoms with van der Waals surface area (Å²) in [6.07, 6.45) is 11.7. The van der Waals surface area contributed by atoms with Crippen LogP contribution in [0.1, 0.15) is 47.1 Å². The summed E-state index contributed by atoms with van der Waals surface area (Å²) in [4.78, 5) is 19.6. The van der Waals surface area contributed by atoms with E-state index in [-0.39, 0.29) is 18.1 Å². The Kier molecular flexibility index (Phi) is 5.21. The lowest BCUT2D eigenvalue weighted by Gasteiger charge is -2.42. The van der Waals surface area contributed by atoms with Gasteiger partial charge in [-0.1, -0.05) is 24.3 Å². The Bertz CT molecular complexity index is 1090. The van der Waals surface area contributed by atoms with Crippen LogP contribution in [0.15, 0.2) is 49.1 Å². The van der Waals surface area contributed by atoms with Crippen molar-refractivity contribution in [3.8, 4) is 0 Å². The molecule has 1 fully saturated rings. The lowest BCUT2D eigenvalue weighted by molar-refractivity contribution is 0.186. The van der Waals surface area contributed by atoms with Gasteiger partial charge in [-0.3, -0.25) is 0 Å². The first-order chi connectivity index (χ1) is 15.2. The molecule has 1 saturated heterocycles. The maximum absolute atomic E-state index is 9.93. The predicted molar refractivity (Wildman–Crippen MR) is 120 cm³/mol. The zero-order valence-corrected chi connectivity index (χ0v) is 17.4. The van der Waals surface area contributed by atoms with E-state index in [1.807, 2.05) is 18.2 Å². The third-order valence-electron chi connectivity index (χ3n) is 6.67. The Morgan fingerprint density at radius 1 is 1.10 bits per heavy atom. The molecule has 1 aliphatic carbocycles. The summed E-state index contributed by atoms with van der Waals surface area (Å²) in [5.41, 5.74) is 11.6. The summed E-state index contributed by atoms with van der Waals surface area (Å²) in [6.45, 7) is 1.57. The molecule has 1 aromatic carbocycles. The van der Waals surface area contributed by atoms with Crippen LogP contribution in [0.2, 0.25) is 0 Å². The lowest BCUT2D eigenvalue weighted by atomic mass is 9.73. The summed E-state index contributed by atoms with van der Waals surface area (Å²) in [6, 6.07) is 10.5. The molecule has 1 atom stereocenters. The quantitative estimate of drug-likeness (QED) is 0.677. The first-order valence-electron chi connectivity index (χ1n) is 10.7. The lowest BCUT2D eigenvalue weighted by Crippen LogP contribution is -2.45. The molecule has 7 nitrogen and oxygen atoms in total. The summed E-state index contributed by atoms with van der Waals surface area (Å²) in [5.74, 6) is 0.764. The van der Waals surface area contributed by atoms with Crippen molar-refractivity contribution < 1.29 is 5.11 Å². The van der Waals surface area contributed by atoms with Crippen molar-refractivity contribution in [3.63, 3.8) is 0 Å². The molecular weight excluding hydrogens is 388 g/mol. The van der Waals surface area contributed by atoms with Crippen LogP contribution in [0.4, 0.5) is 5.82 Å². The molecule has 3 aromatic rings. The van der Waals surface area contributed by atoms with Gasteiger partial charge in [0.15, 0.2) is 5.82 Å². The molecule has 0 saturated carbocycles. The number of anilines is 1. The average Bonchev–Trinajstić information content (AvgIpc) is 3.10.